The first-order valence-corrected chi connectivity index (χ1v) is 10.9. The Labute approximate surface area is 179 Å². The van der Waals surface area contributed by atoms with Gasteiger partial charge in [-0.3, -0.25) is 9.69 Å². The van der Waals surface area contributed by atoms with Gasteiger partial charge in [-0.25, -0.2) is 4.98 Å². The smallest absolute Gasteiger partial charge is 0.235 e. The van der Waals surface area contributed by atoms with Gasteiger partial charge in [-0.2, -0.15) is 0 Å². The Bertz CT molecular complexity index is 1090. The predicted molar refractivity (Wildman–Crippen MR) is 117 cm³/mol. The molecule has 0 bridgehead atoms. The van der Waals surface area contributed by atoms with E-state index in [1.807, 2.05) is 60.7 Å². The lowest BCUT2D eigenvalue weighted by molar-refractivity contribution is -0.126. The zero-order valence-electron chi connectivity index (χ0n) is 16.6. The minimum atomic E-state index is -0.880. The van der Waals surface area contributed by atoms with Gasteiger partial charge in [-0.15, -0.1) is 11.8 Å². The lowest BCUT2D eigenvalue weighted by Crippen LogP contribution is -2.41. The van der Waals surface area contributed by atoms with Crippen LogP contribution in [-0.4, -0.2) is 29.7 Å². The van der Waals surface area contributed by atoms with Crippen LogP contribution in [0.4, 0.5) is 5.82 Å². The van der Waals surface area contributed by atoms with Crippen LogP contribution in [0.25, 0.3) is 0 Å². The molecule has 0 fully saturated rings. The van der Waals surface area contributed by atoms with E-state index in [0.29, 0.717) is 12.4 Å². The minimum absolute atomic E-state index is 0.0808. The summed E-state index contributed by atoms with van der Waals surface area (Å²) in [6, 6.07) is 19.5. The molecule has 2 aromatic carbocycles. The molecule has 3 aromatic rings. The average molecular weight is 419 g/mol. The molecule has 6 heteroatoms. The summed E-state index contributed by atoms with van der Waals surface area (Å²) in [4.78, 5) is 21.0. The fourth-order valence-electron chi connectivity index (χ4n) is 4.34. The number of aliphatic hydroxyl groups excluding tert-OH is 1. The summed E-state index contributed by atoms with van der Waals surface area (Å²) in [5.74, 6) is 0.794. The Morgan fingerprint density at radius 3 is 2.73 bits per heavy atom. The largest absolute Gasteiger partial charge is 0.497 e. The Balaban J connectivity index is 1.56. The molecule has 152 valence electrons. The van der Waals surface area contributed by atoms with E-state index < -0.39 is 12.0 Å². The standard InChI is InChI=1S/C24H22N2O3S/c1-29-17-10-8-15(9-11-17)22-20(21(27)18-6-2-3-7-19(18)30-22)24(28)26-14-12-16-5-4-13-25-23(16)26/h2-11,13,20-22,27H,12,14H2,1H3/t20-,21+,22+/m1/s1. The number of carbonyl (C=O) groups is 1. The van der Waals surface area contributed by atoms with Crippen LogP contribution in [0.3, 0.4) is 0 Å². The van der Waals surface area contributed by atoms with Gasteiger partial charge < -0.3 is 9.84 Å². The minimum Gasteiger partial charge on any atom is -0.497 e. The number of thioether (sulfide) groups is 1. The number of hydrogen-bond donors (Lipinski definition) is 1. The summed E-state index contributed by atoms with van der Waals surface area (Å²) in [5.41, 5.74) is 2.88. The predicted octanol–water partition coefficient (Wildman–Crippen LogP) is 4.18. The Morgan fingerprint density at radius 2 is 1.93 bits per heavy atom. The number of fused-ring (bicyclic) bond motifs is 2. The molecule has 2 aliphatic rings. The number of aromatic nitrogens is 1. The summed E-state index contributed by atoms with van der Waals surface area (Å²) < 4.78 is 5.29. The molecule has 1 aromatic heterocycles. The van der Waals surface area contributed by atoms with Crippen molar-refractivity contribution in [1.82, 2.24) is 4.98 Å². The van der Waals surface area contributed by atoms with Crippen molar-refractivity contribution < 1.29 is 14.6 Å². The van der Waals surface area contributed by atoms with Crippen molar-refractivity contribution in [2.24, 2.45) is 5.92 Å². The zero-order chi connectivity index (χ0) is 20.7. The third-order valence-electron chi connectivity index (χ3n) is 5.88. The molecule has 30 heavy (non-hydrogen) atoms. The topological polar surface area (TPSA) is 62.7 Å². The maximum atomic E-state index is 13.8. The SMILES string of the molecule is COc1ccc([C@@H]2Sc3ccccc3[C@H](O)[C@H]2C(=O)N2CCc3cccnc32)cc1. The number of anilines is 1. The van der Waals surface area contributed by atoms with E-state index in [0.717, 1.165) is 33.8 Å². The van der Waals surface area contributed by atoms with Gasteiger partial charge in [0.25, 0.3) is 0 Å². The molecular formula is C24H22N2O3S. The molecule has 5 rings (SSSR count). The van der Waals surface area contributed by atoms with Crippen LogP contribution in [0.15, 0.2) is 71.8 Å². The molecular weight excluding hydrogens is 396 g/mol. The van der Waals surface area contributed by atoms with Gasteiger partial charge in [0.15, 0.2) is 0 Å². The molecule has 0 saturated heterocycles. The highest BCUT2D eigenvalue weighted by Crippen LogP contribution is 2.53. The molecule has 0 unspecified atom stereocenters. The molecule has 0 spiro atoms. The summed E-state index contributed by atoms with van der Waals surface area (Å²) in [6.07, 6.45) is 1.62. The first kappa shape index (κ1) is 19.2. The number of aliphatic hydroxyl groups is 1. The van der Waals surface area contributed by atoms with Gasteiger partial charge in [0, 0.05) is 22.9 Å². The number of benzene rings is 2. The fourth-order valence-corrected chi connectivity index (χ4v) is 5.80. The number of carbonyl (C=O) groups excluding carboxylic acids is 1. The average Bonchev–Trinajstić information content (AvgIpc) is 3.23. The molecule has 5 nitrogen and oxygen atoms in total. The molecule has 1 amide bonds. The molecule has 3 atom stereocenters. The fraction of sp³-hybridized carbons (Fsp3) is 0.250. The summed E-state index contributed by atoms with van der Waals surface area (Å²) in [6.45, 7) is 0.593. The zero-order valence-corrected chi connectivity index (χ0v) is 17.4. The van der Waals surface area contributed by atoms with Crippen molar-refractivity contribution in [3.05, 3.63) is 83.6 Å². The van der Waals surface area contributed by atoms with Crippen molar-refractivity contribution in [2.45, 2.75) is 22.7 Å². The van der Waals surface area contributed by atoms with Gasteiger partial charge in [0.05, 0.1) is 19.1 Å². The molecule has 0 radical (unpaired) electrons. The van der Waals surface area contributed by atoms with Gasteiger partial charge in [0.2, 0.25) is 5.91 Å². The number of rotatable bonds is 3. The van der Waals surface area contributed by atoms with E-state index in [2.05, 4.69) is 4.98 Å². The number of hydrogen-bond acceptors (Lipinski definition) is 5. The third-order valence-corrected chi connectivity index (χ3v) is 7.33. The quantitative estimate of drug-likeness (QED) is 0.692. The lowest BCUT2D eigenvalue weighted by Gasteiger charge is -2.37. The highest BCUT2D eigenvalue weighted by Gasteiger charge is 2.45. The van der Waals surface area contributed by atoms with Gasteiger partial charge in [-0.05, 0) is 47.4 Å². The molecule has 0 saturated carbocycles. The highest BCUT2D eigenvalue weighted by atomic mass is 32.2. The summed E-state index contributed by atoms with van der Waals surface area (Å²) in [7, 11) is 1.63. The maximum Gasteiger partial charge on any atom is 0.235 e. The molecule has 0 aliphatic carbocycles. The van der Waals surface area contributed by atoms with Crippen LogP contribution in [0, 0.1) is 5.92 Å². The van der Waals surface area contributed by atoms with Gasteiger partial charge in [-0.1, -0.05) is 36.4 Å². The van der Waals surface area contributed by atoms with E-state index >= 15 is 0 Å². The van der Waals surface area contributed by atoms with E-state index in [9.17, 15) is 9.90 Å². The second kappa shape index (κ2) is 7.78. The van der Waals surface area contributed by atoms with Crippen LogP contribution in [0.2, 0.25) is 0 Å². The number of amides is 1. The number of pyridine rings is 1. The van der Waals surface area contributed by atoms with Crippen molar-refractivity contribution in [3.63, 3.8) is 0 Å². The first-order chi connectivity index (χ1) is 14.7. The van der Waals surface area contributed by atoms with Crippen molar-refractivity contribution in [2.75, 3.05) is 18.6 Å². The summed E-state index contributed by atoms with van der Waals surface area (Å²) >= 11 is 1.64. The number of ether oxygens (including phenoxy) is 1. The Morgan fingerprint density at radius 1 is 1.13 bits per heavy atom. The van der Waals surface area contributed by atoms with Crippen LogP contribution in [-0.2, 0) is 11.2 Å². The molecule has 3 heterocycles. The second-order valence-electron chi connectivity index (χ2n) is 7.55. The second-order valence-corrected chi connectivity index (χ2v) is 8.73. The third kappa shape index (κ3) is 3.16. The van der Waals surface area contributed by atoms with Crippen LogP contribution in [0.1, 0.15) is 28.0 Å². The number of methoxy groups -OCH3 is 1. The molecule has 1 N–H and O–H groups in total. The van der Waals surface area contributed by atoms with Crippen molar-refractivity contribution in [3.8, 4) is 5.75 Å². The Hall–Kier alpha value is -2.83. The van der Waals surface area contributed by atoms with Gasteiger partial charge >= 0.3 is 0 Å². The Kier molecular flexibility index (Phi) is 4.97. The summed E-state index contributed by atoms with van der Waals surface area (Å²) in [5, 5.41) is 11.1. The maximum absolute atomic E-state index is 13.8. The van der Waals surface area contributed by atoms with E-state index in [1.165, 1.54) is 0 Å². The first-order valence-electron chi connectivity index (χ1n) is 10.0. The lowest BCUT2D eigenvalue weighted by atomic mass is 9.87. The van der Waals surface area contributed by atoms with Crippen LogP contribution >= 0.6 is 11.8 Å². The van der Waals surface area contributed by atoms with E-state index in [1.54, 1.807) is 30.0 Å². The van der Waals surface area contributed by atoms with Crippen molar-refractivity contribution in [1.29, 1.82) is 0 Å². The van der Waals surface area contributed by atoms with E-state index in [-0.39, 0.29) is 11.2 Å². The highest BCUT2D eigenvalue weighted by molar-refractivity contribution is 7.99. The number of nitrogens with zero attached hydrogens (tertiary/aromatic N) is 2. The van der Waals surface area contributed by atoms with Crippen LogP contribution in [0.5, 0.6) is 5.75 Å². The van der Waals surface area contributed by atoms with E-state index in [4.69, 9.17) is 4.74 Å². The van der Waals surface area contributed by atoms with Crippen molar-refractivity contribution >= 4 is 23.5 Å². The van der Waals surface area contributed by atoms with Crippen LogP contribution < -0.4 is 9.64 Å². The normalized spacial score (nSPS) is 22.3. The molecule has 2 aliphatic heterocycles. The monoisotopic (exact) mass is 418 g/mol. The van der Waals surface area contributed by atoms with Gasteiger partial charge in [0.1, 0.15) is 11.6 Å².